The molecule has 1 fully saturated rings. The van der Waals surface area contributed by atoms with E-state index in [1.807, 2.05) is 0 Å². The maximum atomic E-state index is 2.46. The van der Waals surface area contributed by atoms with Crippen molar-refractivity contribution in [3.05, 3.63) is 0 Å². The Morgan fingerprint density at radius 3 is 2.31 bits per heavy atom. The molecule has 96 valence electrons. The van der Waals surface area contributed by atoms with Crippen LogP contribution in [-0.4, -0.2) is 0 Å². The van der Waals surface area contributed by atoms with Gasteiger partial charge in [-0.1, -0.05) is 72.6 Å². The summed E-state index contributed by atoms with van der Waals surface area (Å²) in [5, 5.41) is 0. The largest absolute Gasteiger partial charge is 0.0628 e. The van der Waals surface area contributed by atoms with Crippen molar-refractivity contribution in [3.8, 4) is 0 Å². The summed E-state index contributed by atoms with van der Waals surface area (Å²) in [6, 6.07) is 0. The molecule has 1 saturated carbocycles. The van der Waals surface area contributed by atoms with Gasteiger partial charge in [0.2, 0.25) is 0 Å². The van der Waals surface area contributed by atoms with Crippen LogP contribution < -0.4 is 0 Å². The Bertz CT molecular complexity index is 171. The fourth-order valence-electron chi connectivity index (χ4n) is 3.17. The maximum absolute atomic E-state index is 2.46. The molecule has 0 nitrogen and oxygen atoms in total. The predicted molar refractivity (Wildman–Crippen MR) is 73.6 cm³/mol. The smallest absolute Gasteiger partial charge is 0.0388 e. The van der Waals surface area contributed by atoms with Crippen molar-refractivity contribution in [2.75, 3.05) is 0 Å². The number of hydrogen-bond donors (Lipinski definition) is 0. The van der Waals surface area contributed by atoms with E-state index >= 15 is 0 Å². The lowest BCUT2D eigenvalue weighted by atomic mass is 9.88. The molecule has 0 aromatic rings. The Morgan fingerprint density at radius 1 is 1.00 bits per heavy atom. The van der Waals surface area contributed by atoms with E-state index < -0.39 is 0 Å². The zero-order chi connectivity index (χ0) is 12.0. The lowest BCUT2D eigenvalue weighted by Crippen LogP contribution is -2.06. The van der Waals surface area contributed by atoms with E-state index in [-0.39, 0.29) is 0 Å². The summed E-state index contributed by atoms with van der Waals surface area (Å²) in [7, 11) is 0. The minimum Gasteiger partial charge on any atom is -0.0628 e. The van der Waals surface area contributed by atoms with Gasteiger partial charge in [0.05, 0.1) is 0 Å². The summed E-state index contributed by atoms with van der Waals surface area (Å²) in [6.45, 7) is 9.59. The fourth-order valence-corrected chi connectivity index (χ4v) is 3.17. The van der Waals surface area contributed by atoms with Gasteiger partial charge in [-0.2, -0.15) is 0 Å². The molecule has 0 saturated heterocycles. The molecule has 1 aliphatic carbocycles. The second-order valence-corrected chi connectivity index (χ2v) is 6.68. The highest BCUT2D eigenvalue weighted by molar-refractivity contribution is 4.74. The second kappa shape index (κ2) is 7.35. The van der Waals surface area contributed by atoms with Crippen LogP contribution in [0.3, 0.4) is 0 Å². The average molecular weight is 224 g/mol. The van der Waals surface area contributed by atoms with Crippen molar-refractivity contribution in [2.45, 2.75) is 79.1 Å². The second-order valence-electron chi connectivity index (χ2n) is 6.68. The van der Waals surface area contributed by atoms with E-state index in [4.69, 9.17) is 0 Å². The molecular weight excluding hydrogens is 192 g/mol. The molecule has 0 aromatic heterocycles. The Labute approximate surface area is 103 Å². The van der Waals surface area contributed by atoms with E-state index in [1.165, 1.54) is 51.4 Å². The van der Waals surface area contributed by atoms with Gasteiger partial charge in [-0.3, -0.25) is 0 Å². The quantitative estimate of drug-likeness (QED) is 0.523. The lowest BCUT2D eigenvalue weighted by Gasteiger charge is -2.18. The molecule has 0 heteroatoms. The molecule has 1 rings (SSSR count). The number of rotatable bonds is 7. The third kappa shape index (κ3) is 5.37. The van der Waals surface area contributed by atoms with Crippen molar-refractivity contribution >= 4 is 0 Å². The monoisotopic (exact) mass is 224 g/mol. The van der Waals surface area contributed by atoms with E-state index in [0.29, 0.717) is 0 Å². The fraction of sp³-hybridized carbons (Fsp3) is 1.00. The lowest BCUT2D eigenvalue weighted by molar-refractivity contribution is 0.335. The van der Waals surface area contributed by atoms with Crippen LogP contribution in [0.25, 0.3) is 0 Å². The predicted octanol–water partition coefficient (Wildman–Crippen LogP) is 5.67. The van der Waals surface area contributed by atoms with Gasteiger partial charge in [-0.05, 0) is 30.1 Å². The molecule has 0 radical (unpaired) electrons. The van der Waals surface area contributed by atoms with Crippen LogP contribution in [-0.2, 0) is 0 Å². The molecule has 0 aliphatic heterocycles. The third-order valence-corrected chi connectivity index (χ3v) is 4.55. The van der Waals surface area contributed by atoms with Gasteiger partial charge >= 0.3 is 0 Å². The highest BCUT2D eigenvalue weighted by atomic mass is 14.3. The molecular formula is C16H32. The summed E-state index contributed by atoms with van der Waals surface area (Å²) in [5.74, 6) is 3.93. The summed E-state index contributed by atoms with van der Waals surface area (Å²) < 4.78 is 0. The van der Waals surface area contributed by atoms with Gasteiger partial charge in [0.1, 0.15) is 0 Å². The summed E-state index contributed by atoms with van der Waals surface area (Å²) >= 11 is 0. The summed E-state index contributed by atoms with van der Waals surface area (Å²) in [4.78, 5) is 0. The van der Waals surface area contributed by atoms with Crippen LogP contribution in [0.2, 0.25) is 0 Å². The van der Waals surface area contributed by atoms with Gasteiger partial charge in [0, 0.05) is 0 Å². The minimum absolute atomic E-state index is 0.891. The Hall–Kier alpha value is 0. The molecule has 0 N–H and O–H groups in total. The van der Waals surface area contributed by atoms with Gasteiger partial charge in [0.25, 0.3) is 0 Å². The SMILES string of the molecule is CC(C)CCCC(C)CCC1CCCC1C. The molecule has 0 spiro atoms. The highest BCUT2D eigenvalue weighted by Gasteiger charge is 2.23. The van der Waals surface area contributed by atoms with Crippen LogP contribution in [0, 0.1) is 23.7 Å². The first-order valence-electron chi connectivity index (χ1n) is 7.59. The van der Waals surface area contributed by atoms with Crippen molar-refractivity contribution in [3.63, 3.8) is 0 Å². The van der Waals surface area contributed by atoms with Crippen LogP contribution in [0.1, 0.15) is 79.1 Å². The first kappa shape index (κ1) is 14.1. The minimum atomic E-state index is 0.891. The van der Waals surface area contributed by atoms with Gasteiger partial charge in [-0.15, -0.1) is 0 Å². The van der Waals surface area contributed by atoms with Crippen LogP contribution >= 0.6 is 0 Å². The first-order valence-corrected chi connectivity index (χ1v) is 7.59. The van der Waals surface area contributed by atoms with Gasteiger partial charge in [-0.25, -0.2) is 0 Å². The van der Waals surface area contributed by atoms with Crippen LogP contribution in [0.4, 0.5) is 0 Å². The molecule has 0 amide bonds. The highest BCUT2D eigenvalue weighted by Crippen LogP contribution is 2.35. The van der Waals surface area contributed by atoms with E-state index in [9.17, 15) is 0 Å². The zero-order valence-corrected chi connectivity index (χ0v) is 12.0. The van der Waals surface area contributed by atoms with E-state index in [0.717, 1.165) is 23.7 Å². The standard InChI is InChI=1S/C16H32/c1-13(2)7-5-8-14(3)11-12-16-10-6-9-15(16)4/h13-16H,5-12H2,1-4H3. The first-order chi connectivity index (χ1) is 7.59. The Kier molecular flexibility index (Phi) is 6.46. The molecule has 0 aromatic carbocycles. The summed E-state index contributed by atoms with van der Waals surface area (Å²) in [6.07, 6.45) is 11.8. The van der Waals surface area contributed by atoms with Crippen molar-refractivity contribution in [1.29, 1.82) is 0 Å². The Morgan fingerprint density at radius 2 is 1.75 bits per heavy atom. The van der Waals surface area contributed by atoms with Crippen molar-refractivity contribution in [1.82, 2.24) is 0 Å². The van der Waals surface area contributed by atoms with Crippen LogP contribution in [0.15, 0.2) is 0 Å². The molecule has 0 bridgehead atoms. The van der Waals surface area contributed by atoms with Crippen molar-refractivity contribution in [2.24, 2.45) is 23.7 Å². The zero-order valence-electron chi connectivity index (χ0n) is 12.0. The summed E-state index contributed by atoms with van der Waals surface area (Å²) in [5.41, 5.74) is 0. The third-order valence-electron chi connectivity index (χ3n) is 4.55. The topological polar surface area (TPSA) is 0 Å². The molecule has 3 atom stereocenters. The molecule has 16 heavy (non-hydrogen) atoms. The van der Waals surface area contributed by atoms with Crippen molar-refractivity contribution < 1.29 is 0 Å². The number of hydrogen-bond acceptors (Lipinski definition) is 0. The van der Waals surface area contributed by atoms with E-state index in [1.54, 1.807) is 0 Å². The average Bonchev–Trinajstić information content (AvgIpc) is 2.60. The maximum Gasteiger partial charge on any atom is -0.0388 e. The van der Waals surface area contributed by atoms with Gasteiger partial charge in [0.15, 0.2) is 0 Å². The molecule has 3 unspecified atom stereocenters. The molecule has 0 heterocycles. The molecule has 1 aliphatic rings. The van der Waals surface area contributed by atoms with Crippen LogP contribution in [0.5, 0.6) is 0 Å². The van der Waals surface area contributed by atoms with E-state index in [2.05, 4.69) is 27.7 Å². The Balaban J connectivity index is 2.03. The normalized spacial score (nSPS) is 27.6. The van der Waals surface area contributed by atoms with Gasteiger partial charge < -0.3 is 0 Å².